The van der Waals surface area contributed by atoms with Crippen molar-refractivity contribution in [2.75, 3.05) is 36.4 Å². The van der Waals surface area contributed by atoms with Crippen molar-refractivity contribution >= 4 is 17.5 Å². The second kappa shape index (κ2) is 7.63. The minimum atomic E-state index is -0.332. The fourth-order valence-electron chi connectivity index (χ4n) is 3.09. The molecule has 8 nitrogen and oxygen atoms in total. The number of hydrogen-bond acceptors (Lipinski definition) is 5. The van der Waals surface area contributed by atoms with E-state index in [1.54, 1.807) is 27.9 Å². The number of nitrogens with zero attached hydrogens (tertiary/aromatic N) is 6. The first-order chi connectivity index (χ1) is 13.6. The van der Waals surface area contributed by atoms with Crippen LogP contribution in [0, 0.1) is 12.7 Å². The fraction of sp³-hybridized carbons (Fsp3) is 0.263. The number of amides is 2. The standard InChI is InChI=1S/C19H20FN7O/c1-14-22-17(13-18(23-14)27-8-2-7-21-27)25-9-11-26(12-10-25)19(28)24-16-5-3-15(20)4-6-16/h2-8,13H,9-12H2,1H3,(H,24,28). The number of halogens is 1. The molecule has 1 aromatic carbocycles. The highest BCUT2D eigenvalue weighted by Crippen LogP contribution is 2.18. The minimum absolute atomic E-state index is 0.192. The maximum absolute atomic E-state index is 13.0. The van der Waals surface area contributed by atoms with E-state index in [2.05, 4.69) is 25.3 Å². The molecule has 0 aliphatic carbocycles. The lowest BCUT2D eigenvalue weighted by molar-refractivity contribution is 0.208. The summed E-state index contributed by atoms with van der Waals surface area (Å²) >= 11 is 0. The Bertz CT molecular complexity index is 951. The van der Waals surface area contributed by atoms with Crippen LogP contribution in [-0.2, 0) is 0 Å². The molecule has 3 aromatic rings. The van der Waals surface area contributed by atoms with E-state index in [0.717, 1.165) is 5.82 Å². The Kier molecular flexibility index (Phi) is 4.88. The lowest BCUT2D eigenvalue weighted by Crippen LogP contribution is -2.50. The zero-order valence-corrected chi connectivity index (χ0v) is 15.4. The molecule has 28 heavy (non-hydrogen) atoms. The van der Waals surface area contributed by atoms with Gasteiger partial charge in [-0.05, 0) is 37.3 Å². The molecule has 0 atom stereocenters. The van der Waals surface area contributed by atoms with Gasteiger partial charge in [0.05, 0.1) is 0 Å². The first-order valence-electron chi connectivity index (χ1n) is 9.01. The average molecular weight is 381 g/mol. The van der Waals surface area contributed by atoms with Crippen LogP contribution in [0.1, 0.15) is 5.82 Å². The predicted molar refractivity (Wildman–Crippen MR) is 103 cm³/mol. The van der Waals surface area contributed by atoms with E-state index in [4.69, 9.17) is 0 Å². The van der Waals surface area contributed by atoms with Crippen molar-refractivity contribution in [1.29, 1.82) is 0 Å². The number of aryl methyl sites for hydroxylation is 1. The number of rotatable bonds is 3. The van der Waals surface area contributed by atoms with E-state index in [-0.39, 0.29) is 11.8 Å². The summed E-state index contributed by atoms with van der Waals surface area (Å²) in [7, 11) is 0. The topological polar surface area (TPSA) is 79.2 Å². The molecule has 2 aromatic heterocycles. The SMILES string of the molecule is Cc1nc(N2CCN(C(=O)Nc3ccc(F)cc3)CC2)cc(-n2cccn2)n1. The molecule has 144 valence electrons. The second-order valence-electron chi connectivity index (χ2n) is 6.49. The summed E-state index contributed by atoms with van der Waals surface area (Å²) in [4.78, 5) is 25.3. The van der Waals surface area contributed by atoms with Crippen LogP contribution in [-0.4, -0.2) is 56.9 Å². The van der Waals surface area contributed by atoms with Crippen LogP contribution in [0.5, 0.6) is 0 Å². The summed E-state index contributed by atoms with van der Waals surface area (Å²) in [6.45, 7) is 4.29. The molecule has 0 radical (unpaired) electrons. The number of nitrogens with one attached hydrogen (secondary N) is 1. The summed E-state index contributed by atoms with van der Waals surface area (Å²) in [6.07, 6.45) is 3.54. The highest BCUT2D eigenvalue weighted by molar-refractivity contribution is 5.89. The summed E-state index contributed by atoms with van der Waals surface area (Å²) in [6, 6.07) is 9.28. The number of carbonyl (C=O) groups excluding carboxylic acids is 1. The predicted octanol–water partition coefficient (Wildman–Crippen LogP) is 2.46. The smallest absolute Gasteiger partial charge is 0.321 e. The number of carbonyl (C=O) groups is 1. The van der Waals surface area contributed by atoms with Crippen LogP contribution in [0.25, 0.3) is 5.82 Å². The van der Waals surface area contributed by atoms with Crippen LogP contribution in [0.2, 0.25) is 0 Å². The molecule has 1 aliphatic heterocycles. The quantitative estimate of drug-likeness (QED) is 0.754. The van der Waals surface area contributed by atoms with Crippen molar-refractivity contribution in [2.45, 2.75) is 6.92 Å². The van der Waals surface area contributed by atoms with Crippen molar-refractivity contribution in [1.82, 2.24) is 24.6 Å². The number of aromatic nitrogens is 4. The Morgan fingerprint density at radius 2 is 1.79 bits per heavy atom. The molecule has 0 unspecified atom stereocenters. The molecule has 0 bridgehead atoms. The highest BCUT2D eigenvalue weighted by atomic mass is 19.1. The Hall–Kier alpha value is -3.49. The van der Waals surface area contributed by atoms with Gasteiger partial charge in [0.1, 0.15) is 17.5 Å². The van der Waals surface area contributed by atoms with Crippen LogP contribution in [0.3, 0.4) is 0 Å². The van der Waals surface area contributed by atoms with Gasteiger partial charge in [-0.25, -0.2) is 23.8 Å². The van der Waals surface area contributed by atoms with Crippen LogP contribution >= 0.6 is 0 Å². The Balaban J connectivity index is 1.40. The van der Waals surface area contributed by atoms with Gasteiger partial charge in [0.2, 0.25) is 0 Å². The number of urea groups is 1. The monoisotopic (exact) mass is 381 g/mol. The molecule has 2 amide bonds. The van der Waals surface area contributed by atoms with Gasteiger partial charge in [-0.15, -0.1) is 0 Å². The molecule has 9 heteroatoms. The van der Waals surface area contributed by atoms with Crippen molar-refractivity contribution in [3.8, 4) is 5.82 Å². The van der Waals surface area contributed by atoms with E-state index < -0.39 is 0 Å². The van der Waals surface area contributed by atoms with Gasteiger partial charge < -0.3 is 15.1 Å². The van der Waals surface area contributed by atoms with Crippen molar-refractivity contribution in [2.24, 2.45) is 0 Å². The molecule has 1 aliphatic rings. The van der Waals surface area contributed by atoms with Crippen molar-refractivity contribution < 1.29 is 9.18 Å². The molecule has 0 saturated carbocycles. The molecular weight excluding hydrogens is 361 g/mol. The highest BCUT2D eigenvalue weighted by Gasteiger charge is 2.22. The van der Waals surface area contributed by atoms with E-state index in [1.165, 1.54) is 12.1 Å². The average Bonchev–Trinajstić information content (AvgIpc) is 3.24. The first kappa shape index (κ1) is 17.9. The third kappa shape index (κ3) is 3.93. The maximum Gasteiger partial charge on any atom is 0.321 e. The van der Waals surface area contributed by atoms with Crippen molar-refractivity contribution in [3.05, 3.63) is 60.4 Å². The summed E-state index contributed by atoms with van der Waals surface area (Å²) in [5, 5.41) is 7.01. The number of hydrogen-bond donors (Lipinski definition) is 1. The largest absolute Gasteiger partial charge is 0.353 e. The number of piperazine rings is 1. The minimum Gasteiger partial charge on any atom is -0.353 e. The summed E-state index contributed by atoms with van der Waals surface area (Å²) in [5.41, 5.74) is 0.573. The zero-order chi connectivity index (χ0) is 19.5. The molecule has 1 fully saturated rings. The fourth-order valence-corrected chi connectivity index (χ4v) is 3.09. The molecule has 0 spiro atoms. The van der Waals surface area contributed by atoms with Crippen molar-refractivity contribution in [3.63, 3.8) is 0 Å². The van der Waals surface area contributed by atoms with Crippen LogP contribution in [0.15, 0.2) is 48.8 Å². The normalized spacial score (nSPS) is 14.2. The van der Waals surface area contributed by atoms with Gasteiger partial charge in [0.15, 0.2) is 5.82 Å². The van der Waals surface area contributed by atoms with Gasteiger partial charge in [0, 0.05) is 50.3 Å². The van der Waals surface area contributed by atoms with Gasteiger partial charge in [-0.2, -0.15) is 5.10 Å². The Morgan fingerprint density at radius 3 is 2.46 bits per heavy atom. The summed E-state index contributed by atoms with van der Waals surface area (Å²) in [5.74, 6) is 1.86. The van der Waals surface area contributed by atoms with Gasteiger partial charge in [-0.1, -0.05) is 0 Å². The number of benzene rings is 1. The molecule has 3 heterocycles. The number of anilines is 2. The maximum atomic E-state index is 13.0. The lowest BCUT2D eigenvalue weighted by atomic mass is 10.3. The second-order valence-corrected chi connectivity index (χ2v) is 6.49. The van der Waals surface area contributed by atoms with E-state index in [9.17, 15) is 9.18 Å². The molecule has 4 rings (SSSR count). The van der Waals surface area contributed by atoms with Gasteiger partial charge in [-0.3, -0.25) is 0 Å². The third-order valence-corrected chi connectivity index (χ3v) is 4.54. The molecular formula is C19H20FN7O. The molecule has 1 N–H and O–H groups in total. The van der Waals surface area contributed by atoms with E-state index in [1.807, 2.05) is 25.3 Å². The Labute approximate surface area is 161 Å². The first-order valence-corrected chi connectivity index (χ1v) is 9.01. The lowest BCUT2D eigenvalue weighted by Gasteiger charge is -2.35. The molecule has 1 saturated heterocycles. The van der Waals surface area contributed by atoms with E-state index >= 15 is 0 Å². The Morgan fingerprint density at radius 1 is 1.07 bits per heavy atom. The van der Waals surface area contributed by atoms with Gasteiger partial charge in [0.25, 0.3) is 0 Å². The van der Waals surface area contributed by atoms with Crippen LogP contribution in [0.4, 0.5) is 20.7 Å². The van der Waals surface area contributed by atoms with Crippen LogP contribution < -0.4 is 10.2 Å². The third-order valence-electron chi connectivity index (χ3n) is 4.54. The summed E-state index contributed by atoms with van der Waals surface area (Å²) < 4.78 is 14.7. The van der Waals surface area contributed by atoms with Gasteiger partial charge >= 0.3 is 6.03 Å². The van der Waals surface area contributed by atoms with E-state index in [0.29, 0.717) is 43.5 Å². The zero-order valence-electron chi connectivity index (χ0n) is 15.4.